The molecule has 0 saturated heterocycles. The summed E-state index contributed by atoms with van der Waals surface area (Å²) >= 11 is 0. The SMILES string of the molecule is Cc1ccc(B(O)O)c(S(=O)(=O)NC(C)(C)C)c1. The molecule has 1 aromatic rings. The van der Waals surface area contributed by atoms with E-state index in [0.29, 0.717) is 0 Å². The molecule has 0 spiro atoms. The standard InChI is InChI=1S/C11H18BNO4S/c1-8-5-6-9(12(14)15)10(7-8)18(16,17)13-11(2,3)4/h5-7,13-15H,1-4H3. The summed E-state index contributed by atoms with van der Waals surface area (Å²) in [7, 11) is -5.61. The average molecular weight is 271 g/mol. The molecule has 0 aliphatic heterocycles. The zero-order chi connectivity index (χ0) is 14.1. The van der Waals surface area contributed by atoms with Crippen LogP contribution in [-0.4, -0.2) is 31.1 Å². The van der Waals surface area contributed by atoms with E-state index in [1.54, 1.807) is 33.8 Å². The van der Waals surface area contributed by atoms with Crippen LogP contribution in [0.5, 0.6) is 0 Å². The highest BCUT2D eigenvalue weighted by atomic mass is 32.2. The highest BCUT2D eigenvalue weighted by molar-refractivity contribution is 7.89. The largest absolute Gasteiger partial charge is 0.489 e. The summed E-state index contributed by atoms with van der Waals surface area (Å²) in [6, 6.07) is 4.45. The van der Waals surface area contributed by atoms with Gasteiger partial charge in [0.2, 0.25) is 10.0 Å². The lowest BCUT2D eigenvalue weighted by Gasteiger charge is -2.21. The fraction of sp³-hybridized carbons (Fsp3) is 0.455. The molecule has 5 nitrogen and oxygen atoms in total. The average Bonchev–Trinajstić information content (AvgIpc) is 2.13. The van der Waals surface area contributed by atoms with E-state index in [4.69, 9.17) is 0 Å². The molecule has 0 aliphatic rings. The van der Waals surface area contributed by atoms with Gasteiger partial charge in [0.05, 0.1) is 4.90 Å². The molecule has 0 fully saturated rings. The Morgan fingerprint density at radius 2 is 1.78 bits per heavy atom. The van der Waals surface area contributed by atoms with E-state index in [0.717, 1.165) is 5.56 Å². The van der Waals surface area contributed by atoms with Crippen LogP contribution in [0.1, 0.15) is 26.3 Å². The second kappa shape index (κ2) is 5.01. The molecule has 0 aromatic heterocycles. The second-order valence-corrected chi connectivity index (χ2v) is 6.92. The molecule has 0 bridgehead atoms. The van der Waals surface area contributed by atoms with Gasteiger partial charge in [-0.05, 0) is 39.3 Å². The van der Waals surface area contributed by atoms with Crippen molar-refractivity contribution in [3.05, 3.63) is 23.8 Å². The predicted molar refractivity (Wildman–Crippen MR) is 71.1 cm³/mol. The maximum Gasteiger partial charge on any atom is 0.489 e. The normalized spacial score (nSPS) is 12.6. The quantitative estimate of drug-likeness (QED) is 0.662. The van der Waals surface area contributed by atoms with Crippen molar-refractivity contribution in [1.29, 1.82) is 0 Å². The summed E-state index contributed by atoms with van der Waals surface area (Å²) in [5.41, 5.74) is 0.0614. The molecule has 0 atom stereocenters. The van der Waals surface area contributed by atoms with Crippen LogP contribution < -0.4 is 10.2 Å². The first kappa shape index (κ1) is 15.2. The molecule has 0 aliphatic carbocycles. The number of nitrogens with one attached hydrogen (secondary N) is 1. The van der Waals surface area contributed by atoms with Gasteiger partial charge in [-0.1, -0.05) is 12.1 Å². The van der Waals surface area contributed by atoms with E-state index in [-0.39, 0.29) is 10.4 Å². The van der Waals surface area contributed by atoms with Crippen molar-refractivity contribution in [2.75, 3.05) is 0 Å². The lowest BCUT2D eigenvalue weighted by Crippen LogP contribution is -2.44. The van der Waals surface area contributed by atoms with Crippen molar-refractivity contribution < 1.29 is 18.5 Å². The van der Waals surface area contributed by atoms with Crippen LogP contribution in [0.25, 0.3) is 0 Å². The Kier molecular flexibility index (Phi) is 4.22. The van der Waals surface area contributed by atoms with Crippen LogP contribution >= 0.6 is 0 Å². The van der Waals surface area contributed by atoms with Crippen LogP contribution in [0.2, 0.25) is 0 Å². The van der Waals surface area contributed by atoms with Gasteiger partial charge in [0.25, 0.3) is 0 Å². The van der Waals surface area contributed by atoms with E-state index >= 15 is 0 Å². The number of rotatable bonds is 3. The smallest absolute Gasteiger partial charge is 0.423 e. The first-order valence-electron chi connectivity index (χ1n) is 5.53. The topological polar surface area (TPSA) is 86.6 Å². The Balaban J connectivity index is 3.35. The molecule has 0 saturated carbocycles. The van der Waals surface area contributed by atoms with Crippen LogP contribution in [0.3, 0.4) is 0 Å². The molecule has 0 unspecified atom stereocenters. The van der Waals surface area contributed by atoms with Gasteiger partial charge >= 0.3 is 7.12 Å². The predicted octanol–water partition coefficient (Wildman–Crippen LogP) is -0.248. The molecular weight excluding hydrogens is 253 g/mol. The summed E-state index contributed by atoms with van der Waals surface area (Å²) < 4.78 is 26.9. The van der Waals surface area contributed by atoms with Crippen molar-refractivity contribution in [3.63, 3.8) is 0 Å². The Morgan fingerprint density at radius 1 is 1.22 bits per heavy atom. The molecule has 0 radical (unpaired) electrons. The van der Waals surface area contributed by atoms with Gasteiger partial charge in [0, 0.05) is 11.0 Å². The maximum absolute atomic E-state index is 12.2. The molecular formula is C11H18BNO4S. The van der Waals surface area contributed by atoms with Gasteiger partial charge in [-0.2, -0.15) is 0 Å². The number of hydrogen-bond acceptors (Lipinski definition) is 4. The molecule has 7 heteroatoms. The van der Waals surface area contributed by atoms with Gasteiger partial charge in [-0.3, -0.25) is 0 Å². The minimum Gasteiger partial charge on any atom is -0.423 e. The second-order valence-electron chi connectivity index (χ2n) is 5.27. The fourth-order valence-electron chi connectivity index (χ4n) is 1.55. The van der Waals surface area contributed by atoms with Gasteiger partial charge in [-0.15, -0.1) is 0 Å². The van der Waals surface area contributed by atoms with Crippen LogP contribution in [0.4, 0.5) is 0 Å². The summed E-state index contributed by atoms with van der Waals surface area (Å²) in [6.45, 7) is 6.89. The Labute approximate surface area is 108 Å². The van der Waals surface area contributed by atoms with Crippen LogP contribution in [-0.2, 0) is 10.0 Å². The summed E-state index contributed by atoms with van der Waals surface area (Å²) in [6.07, 6.45) is 0. The molecule has 1 rings (SSSR count). The summed E-state index contributed by atoms with van der Waals surface area (Å²) in [5, 5.41) is 18.4. The van der Waals surface area contributed by atoms with E-state index in [1.807, 2.05) is 0 Å². The van der Waals surface area contributed by atoms with Crippen molar-refractivity contribution in [1.82, 2.24) is 4.72 Å². The van der Waals surface area contributed by atoms with Crippen molar-refractivity contribution in [2.24, 2.45) is 0 Å². The summed E-state index contributed by atoms with van der Waals surface area (Å²) in [4.78, 5) is -0.104. The van der Waals surface area contributed by atoms with Gasteiger partial charge < -0.3 is 10.0 Å². The highest BCUT2D eigenvalue weighted by Crippen LogP contribution is 2.13. The maximum atomic E-state index is 12.2. The van der Waals surface area contributed by atoms with Crippen molar-refractivity contribution in [2.45, 2.75) is 38.1 Å². The molecule has 100 valence electrons. The lowest BCUT2D eigenvalue weighted by atomic mass is 9.80. The van der Waals surface area contributed by atoms with Crippen molar-refractivity contribution in [3.8, 4) is 0 Å². The third-order valence-electron chi connectivity index (χ3n) is 2.18. The molecule has 3 N–H and O–H groups in total. The van der Waals surface area contributed by atoms with Crippen LogP contribution in [0.15, 0.2) is 23.1 Å². The van der Waals surface area contributed by atoms with E-state index < -0.39 is 22.7 Å². The number of sulfonamides is 1. The molecule has 0 heterocycles. The van der Waals surface area contributed by atoms with E-state index in [2.05, 4.69) is 4.72 Å². The van der Waals surface area contributed by atoms with Gasteiger partial charge in [-0.25, -0.2) is 13.1 Å². The minimum atomic E-state index is -3.79. The third kappa shape index (κ3) is 3.81. The summed E-state index contributed by atoms with van der Waals surface area (Å²) in [5.74, 6) is 0. The van der Waals surface area contributed by atoms with Crippen LogP contribution in [0, 0.1) is 6.92 Å². The van der Waals surface area contributed by atoms with E-state index in [1.165, 1.54) is 12.1 Å². The zero-order valence-corrected chi connectivity index (χ0v) is 11.7. The third-order valence-corrected chi connectivity index (χ3v) is 3.99. The molecule has 1 aromatic carbocycles. The monoisotopic (exact) mass is 271 g/mol. The fourth-order valence-corrected chi connectivity index (χ4v) is 3.29. The van der Waals surface area contributed by atoms with Gasteiger partial charge in [0.15, 0.2) is 0 Å². The van der Waals surface area contributed by atoms with Gasteiger partial charge in [0.1, 0.15) is 0 Å². The number of benzene rings is 1. The Morgan fingerprint density at radius 3 is 2.22 bits per heavy atom. The Bertz CT molecular complexity index is 534. The first-order valence-corrected chi connectivity index (χ1v) is 7.02. The highest BCUT2D eigenvalue weighted by Gasteiger charge is 2.28. The first-order chi connectivity index (χ1) is 8.03. The lowest BCUT2D eigenvalue weighted by molar-refractivity contribution is 0.424. The number of aryl methyl sites for hydroxylation is 1. The minimum absolute atomic E-state index is 0.0302. The number of hydrogen-bond donors (Lipinski definition) is 3. The molecule has 0 amide bonds. The zero-order valence-electron chi connectivity index (χ0n) is 10.9. The van der Waals surface area contributed by atoms with Crippen molar-refractivity contribution >= 4 is 22.6 Å². The Hall–Kier alpha value is -0.885. The van der Waals surface area contributed by atoms with E-state index in [9.17, 15) is 18.5 Å². The molecule has 18 heavy (non-hydrogen) atoms.